The van der Waals surface area contributed by atoms with E-state index < -0.39 is 0 Å². The standard InChI is InChI=1S/C17H29NO2/c1-13(2)15-7-6-8-16(14(3)4)17(15)20-12-10-18-9-11-19-5/h6-8,13-14,18H,9-12H2,1-5H3/p+1. The highest BCUT2D eigenvalue weighted by Gasteiger charge is 2.14. The van der Waals surface area contributed by atoms with Gasteiger partial charge in [0.25, 0.3) is 0 Å². The molecular weight excluding hydrogens is 250 g/mol. The summed E-state index contributed by atoms with van der Waals surface area (Å²) in [6.45, 7) is 12.4. The molecule has 0 aromatic heterocycles. The van der Waals surface area contributed by atoms with Crippen LogP contribution in [0.15, 0.2) is 18.2 Å². The summed E-state index contributed by atoms with van der Waals surface area (Å²) in [4.78, 5) is 0. The first kappa shape index (κ1) is 17.0. The Balaban J connectivity index is 2.66. The Morgan fingerprint density at radius 2 is 1.50 bits per heavy atom. The van der Waals surface area contributed by atoms with Gasteiger partial charge in [-0.2, -0.15) is 0 Å². The highest BCUT2D eigenvalue weighted by atomic mass is 16.5. The largest absolute Gasteiger partial charge is 0.487 e. The Morgan fingerprint density at radius 3 is 2.00 bits per heavy atom. The lowest BCUT2D eigenvalue weighted by Gasteiger charge is -2.19. The van der Waals surface area contributed by atoms with E-state index in [1.54, 1.807) is 7.11 Å². The summed E-state index contributed by atoms with van der Waals surface area (Å²) in [5, 5.41) is 2.23. The van der Waals surface area contributed by atoms with Gasteiger partial charge in [0, 0.05) is 7.11 Å². The van der Waals surface area contributed by atoms with Gasteiger partial charge in [-0.15, -0.1) is 0 Å². The molecule has 1 rings (SSSR count). The predicted octanol–water partition coefficient (Wildman–Crippen LogP) is 2.52. The molecule has 1 aromatic rings. The summed E-state index contributed by atoms with van der Waals surface area (Å²) in [6.07, 6.45) is 0. The SMILES string of the molecule is COCC[NH2+]CCOc1c(C(C)C)cccc1C(C)C. The molecule has 114 valence electrons. The van der Waals surface area contributed by atoms with Crippen molar-refractivity contribution in [2.45, 2.75) is 39.5 Å². The molecule has 0 atom stereocenters. The van der Waals surface area contributed by atoms with Crippen LogP contribution in [0.5, 0.6) is 5.75 Å². The molecule has 0 aliphatic carbocycles. The second-order valence-electron chi connectivity index (χ2n) is 5.78. The molecule has 0 aliphatic heterocycles. The van der Waals surface area contributed by atoms with E-state index in [2.05, 4.69) is 51.2 Å². The second kappa shape index (κ2) is 8.98. The van der Waals surface area contributed by atoms with Crippen molar-refractivity contribution in [2.24, 2.45) is 0 Å². The molecule has 0 aliphatic rings. The van der Waals surface area contributed by atoms with Crippen molar-refractivity contribution in [3.8, 4) is 5.75 Å². The first-order chi connectivity index (χ1) is 9.57. The Morgan fingerprint density at radius 1 is 0.950 bits per heavy atom. The molecule has 1 aromatic carbocycles. The molecule has 0 spiro atoms. The molecule has 0 radical (unpaired) electrons. The van der Waals surface area contributed by atoms with Crippen LogP contribution in [0.4, 0.5) is 0 Å². The fraction of sp³-hybridized carbons (Fsp3) is 0.647. The number of para-hydroxylation sites is 1. The van der Waals surface area contributed by atoms with Crippen LogP contribution in [-0.2, 0) is 4.74 Å². The topological polar surface area (TPSA) is 35.1 Å². The molecule has 0 unspecified atom stereocenters. The molecule has 20 heavy (non-hydrogen) atoms. The van der Waals surface area contributed by atoms with Crippen molar-refractivity contribution in [1.29, 1.82) is 0 Å². The maximum Gasteiger partial charge on any atom is 0.137 e. The quantitative estimate of drug-likeness (QED) is 0.705. The van der Waals surface area contributed by atoms with Crippen LogP contribution in [0.2, 0.25) is 0 Å². The first-order valence-electron chi connectivity index (χ1n) is 7.64. The van der Waals surface area contributed by atoms with Gasteiger partial charge >= 0.3 is 0 Å². The molecule has 0 saturated carbocycles. The summed E-state index contributed by atoms with van der Waals surface area (Å²) in [6, 6.07) is 6.50. The van der Waals surface area contributed by atoms with Crippen LogP contribution in [0.1, 0.15) is 50.7 Å². The lowest BCUT2D eigenvalue weighted by atomic mass is 9.94. The number of hydrogen-bond acceptors (Lipinski definition) is 2. The van der Waals surface area contributed by atoms with Crippen LogP contribution < -0.4 is 10.1 Å². The van der Waals surface area contributed by atoms with Gasteiger partial charge in [0.2, 0.25) is 0 Å². The van der Waals surface area contributed by atoms with E-state index in [0.717, 1.165) is 32.1 Å². The number of methoxy groups -OCH3 is 1. The number of hydrogen-bond donors (Lipinski definition) is 1. The molecule has 0 heterocycles. The number of benzene rings is 1. The van der Waals surface area contributed by atoms with Crippen LogP contribution in [0.25, 0.3) is 0 Å². The minimum absolute atomic E-state index is 0.487. The normalized spacial score (nSPS) is 11.3. The van der Waals surface area contributed by atoms with Crippen LogP contribution in [-0.4, -0.2) is 33.4 Å². The van der Waals surface area contributed by atoms with Crippen molar-refractivity contribution in [3.63, 3.8) is 0 Å². The molecule has 0 fully saturated rings. The van der Waals surface area contributed by atoms with Gasteiger partial charge in [-0.05, 0) is 23.0 Å². The average Bonchev–Trinajstić information content (AvgIpc) is 2.42. The van der Waals surface area contributed by atoms with Gasteiger partial charge in [0.15, 0.2) is 0 Å². The maximum atomic E-state index is 6.10. The van der Waals surface area contributed by atoms with Crippen molar-refractivity contribution >= 4 is 0 Å². The Kier molecular flexibility index (Phi) is 7.63. The van der Waals surface area contributed by atoms with E-state index in [1.807, 2.05) is 0 Å². The second-order valence-corrected chi connectivity index (χ2v) is 5.78. The van der Waals surface area contributed by atoms with Gasteiger partial charge in [-0.25, -0.2) is 0 Å². The average molecular weight is 280 g/mol. The van der Waals surface area contributed by atoms with E-state index in [-0.39, 0.29) is 0 Å². The van der Waals surface area contributed by atoms with E-state index >= 15 is 0 Å². The van der Waals surface area contributed by atoms with E-state index in [4.69, 9.17) is 9.47 Å². The maximum absolute atomic E-state index is 6.10. The fourth-order valence-electron chi connectivity index (χ4n) is 2.24. The van der Waals surface area contributed by atoms with Crippen molar-refractivity contribution in [3.05, 3.63) is 29.3 Å². The zero-order chi connectivity index (χ0) is 15.0. The molecule has 3 nitrogen and oxygen atoms in total. The Labute approximate surface area is 123 Å². The summed E-state index contributed by atoms with van der Waals surface area (Å²) >= 11 is 0. The molecule has 0 amide bonds. The number of ether oxygens (including phenoxy) is 2. The molecule has 3 heteroatoms. The minimum Gasteiger partial charge on any atom is -0.487 e. The number of quaternary nitrogens is 1. The fourth-order valence-corrected chi connectivity index (χ4v) is 2.24. The third kappa shape index (κ3) is 5.14. The third-order valence-corrected chi connectivity index (χ3v) is 3.41. The number of nitrogens with two attached hydrogens (primary N) is 1. The summed E-state index contributed by atoms with van der Waals surface area (Å²) in [5.41, 5.74) is 2.63. The molecule has 2 N–H and O–H groups in total. The van der Waals surface area contributed by atoms with Crippen molar-refractivity contribution in [2.75, 3.05) is 33.4 Å². The lowest BCUT2D eigenvalue weighted by molar-refractivity contribution is -0.656. The molecular formula is C17H30NO2+. The van der Waals surface area contributed by atoms with Crippen LogP contribution in [0, 0.1) is 0 Å². The highest BCUT2D eigenvalue weighted by molar-refractivity contribution is 5.44. The smallest absolute Gasteiger partial charge is 0.137 e. The zero-order valence-corrected chi connectivity index (χ0v) is 13.6. The lowest BCUT2D eigenvalue weighted by Crippen LogP contribution is -2.86. The number of rotatable bonds is 9. The molecule has 0 bridgehead atoms. The van der Waals surface area contributed by atoms with Crippen molar-refractivity contribution in [1.82, 2.24) is 0 Å². The van der Waals surface area contributed by atoms with Gasteiger partial charge in [0.1, 0.15) is 18.9 Å². The van der Waals surface area contributed by atoms with E-state index in [9.17, 15) is 0 Å². The van der Waals surface area contributed by atoms with Crippen molar-refractivity contribution < 1.29 is 14.8 Å². The first-order valence-corrected chi connectivity index (χ1v) is 7.64. The van der Waals surface area contributed by atoms with Gasteiger partial charge in [0.05, 0.1) is 13.2 Å². The van der Waals surface area contributed by atoms with Gasteiger partial charge in [-0.3, -0.25) is 0 Å². The van der Waals surface area contributed by atoms with Gasteiger partial charge in [-0.1, -0.05) is 45.9 Å². The minimum atomic E-state index is 0.487. The summed E-state index contributed by atoms with van der Waals surface area (Å²) in [7, 11) is 1.73. The highest BCUT2D eigenvalue weighted by Crippen LogP contribution is 2.34. The van der Waals surface area contributed by atoms with E-state index in [1.165, 1.54) is 11.1 Å². The van der Waals surface area contributed by atoms with Crippen LogP contribution >= 0.6 is 0 Å². The van der Waals surface area contributed by atoms with E-state index in [0.29, 0.717) is 11.8 Å². The Bertz CT molecular complexity index is 362. The summed E-state index contributed by atoms with van der Waals surface area (Å²) in [5.74, 6) is 2.07. The Hall–Kier alpha value is -1.06. The van der Waals surface area contributed by atoms with Gasteiger partial charge < -0.3 is 14.8 Å². The third-order valence-electron chi connectivity index (χ3n) is 3.41. The summed E-state index contributed by atoms with van der Waals surface area (Å²) < 4.78 is 11.1. The monoisotopic (exact) mass is 280 g/mol. The predicted molar refractivity (Wildman–Crippen MR) is 83.7 cm³/mol. The zero-order valence-electron chi connectivity index (χ0n) is 13.6. The van der Waals surface area contributed by atoms with Crippen LogP contribution in [0.3, 0.4) is 0 Å². The molecule has 0 saturated heterocycles.